The van der Waals surface area contributed by atoms with Crippen LogP contribution in [0.15, 0.2) is 16.8 Å². The van der Waals surface area contributed by atoms with E-state index in [9.17, 15) is 0 Å². The Morgan fingerprint density at radius 1 is 1.29 bits per heavy atom. The topological polar surface area (TPSA) is 30.5 Å². The van der Waals surface area contributed by atoms with E-state index in [4.69, 9.17) is 9.47 Å². The van der Waals surface area contributed by atoms with E-state index in [1.165, 1.54) is 12.0 Å². The molecule has 0 fully saturated rings. The lowest BCUT2D eigenvalue weighted by Crippen LogP contribution is -2.27. The highest BCUT2D eigenvalue weighted by molar-refractivity contribution is 7.07. The van der Waals surface area contributed by atoms with E-state index in [0.717, 1.165) is 19.4 Å². The number of hydrogen-bond donors (Lipinski definition) is 1. The molecule has 0 amide bonds. The quantitative estimate of drug-likeness (QED) is 0.653. The second-order valence-corrected chi connectivity index (χ2v) is 4.83. The van der Waals surface area contributed by atoms with Gasteiger partial charge in [0.05, 0.1) is 13.2 Å². The molecule has 0 aromatic carbocycles. The van der Waals surface area contributed by atoms with Crippen LogP contribution in [-0.4, -0.2) is 40.0 Å². The average Bonchev–Trinajstić information content (AvgIpc) is 2.86. The minimum Gasteiger partial charge on any atom is -0.382 e. The van der Waals surface area contributed by atoms with E-state index in [2.05, 4.69) is 22.1 Å². The Labute approximate surface area is 108 Å². The third kappa shape index (κ3) is 6.78. The van der Waals surface area contributed by atoms with Crippen LogP contribution in [0.2, 0.25) is 0 Å². The molecule has 0 spiro atoms. The molecule has 4 heteroatoms. The summed E-state index contributed by atoms with van der Waals surface area (Å²) in [5.41, 5.74) is 1.44. The van der Waals surface area contributed by atoms with Crippen LogP contribution in [0.3, 0.4) is 0 Å². The molecule has 0 aliphatic carbocycles. The lowest BCUT2D eigenvalue weighted by molar-refractivity contribution is 0.0658. The predicted molar refractivity (Wildman–Crippen MR) is 72.8 cm³/mol. The number of aryl methyl sites for hydroxylation is 1. The number of hydrogen-bond acceptors (Lipinski definition) is 4. The highest BCUT2D eigenvalue weighted by Crippen LogP contribution is 2.11. The predicted octanol–water partition coefficient (Wildman–Crippen LogP) is 2.32. The normalized spacial score (nSPS) is 12.8. The average molecular weight is 257 g/mol. The van der Waals surface area contributed by atoms with Crippen LogP contribution in [-0.2, 0) is 15.9 Å². The molecular formula is C13H23NO2S. The van der Waals surface area contributed by atoms with Crippen LogP contribution in [0.5, 0.6) is 0 Å². The Bertz CT molecular complexity index is 264. The number of nitrogens with one attached hydrogen (secondary N) is 1. The van der Waals surface area contributed by atoms with Crippen LogP contribution >= 0.6 is 11.3 Å². The van der Waals surface area contributed by atoms with Gasteiger partial charge in [0.15, 0.2) is 0 Å². The molecule has 0 radical (unpaired) electrons. The first-order valence-electron chi connectivity index (χ1n) is 6.12. The molecule has 1 rings (SSSR count). The molecule has 3 nitrogen and oxygen atoms in total. The second-order valence-electron chi connectivity index (χ2n) is 4.05. The largest absolute Gasteiger partial charge is 0.382 e. The standard InChI is InChI=1S/C13H23NO2S/c1-14-13(5-7-16-9-8-15-2)4-3-12-6-10-17-11-12/h6,10-11,13-14H,3-5,7-9H2,1-2H3. The van der Waals surface area contributed by atoms with Crippen molar-refractivity contribution < 1.29 is 9.47 Å². The van der Waals surface area contributed by atoms with Gasteiger partial charge in [0.25, 0.3) is 0 Å². The molecular weight excluding hydrogens is 234 g/mol. The van der Waals surface area contributed by atoms with Gasteiger partial charge in [-0.3, -0.25) is 0 Å². The van der Waals surface area contributed by atoms with E-state index < -0.39 is 0 Å². The minimum atomic E-state index is 0.539. The van der Waals surface area contributed by atoms with Crippen LogP contribution in [0.1, 0.15) is 18.4 Å². The van der Waals surface area contributed by atoms with Crippen molar-refractivity contribution in [2.75, 3.05) is 34.0 Å². The first-order chi connectivity index (χ1) is 8.36. The fourth-order valence-corrected chi connectivity index (χ4v) is 2.38. The Morgan fingerprint density at radius 3 is 2.82 bits per heavy atom. The van der Waals surface area contributed by atoms with Crippen LogP contribution in [0.25, 0.3) is 0 Å². The Hall–Kier alpha value is -0.420. The summed E-state index contributed by atoms with van der Waals surface area (Å²) in [6, 6.07) is 2.74. The highest BCUT2D eigenvalue weighted by Gasteiger charge is 2.06. The smallest absolute Gasteiger partial charge is 0.0700 e. The summed E-state index contributed by atoms with van der Waals surface area (Å²) in [5, 5.41) is 7.71. The molecule has 0 bridgehead atoms. The Kier molecular flexibility index (Phi) is 8.26. The minimum absolute atomic E-state index is 0.539. The molecule has 1 N–H and O–H groups in total. The van der Waals surface area contributed by atoms with E-state index in [0.29, 0.717) is 19.3 Å². The fourth-order valence-electron chi connectivity index (χ4n) is 1.68. The van der Waals surface area contributed by atoms with Crippen molar-refractivity contribution in [2.45, 2.75) is 25.3 Å². The first-order valence-corrected chi connectivity index (χ1v) is 7.06. The lowest BCUT2D eigenvalue weighted by atomic mass is 10.1. The van der Waals surface area contributed by atoms with Crippen molar-refractivity contribution in [3.63, 3.8) is 0 Å². The fraction of sp³-hybridized carbons (Fsp3) is 0.692. The van der Waals surface area contributed by atoms with Crippen molar-refractivity contribution in [1.29, 1.82) is 0 Å². The monoisotopic (exact) mass is 257 g/mol. The number of methoxy groups -OCH3 is 1. The van der Waals surface area contributed by atoms with Crippen molar-refractivity contribution in [2.24, 2.45) is 0 Å². The molecule has 17 heavy (non-hydrogen) atoms. The third-order valence-corrected chi connectivity index (χ3v) is 3.54. The maximum atomic E-state index is 5.48. The van der Waals surface area contributed by atoms with Gasteiger partial charge in [-0.15, -0.1) is 0 Å². The summed E-state index contributed by atoms with van der Waals surface area (Å²) in [4.78, 5) is 0. The van der Waals surface area contributed by atoms with E-state index in [1.807, 2.05) is 7.05 Å². The van der Waals surface area contributed by atoms with E-state index >= 15 is 0 Å². The van der Waals surface area contributed by atoms with Gasteiger partial charge in [-0.2, -0.15) is 11.3 Å². The Balaban J connectivity index is 2.07. The zero-order chi connectivity index (χ0) is 12.3. The molecule has 1 aromatic heterocycles. The van der Waals surface area contributed by atoms with Gasteiger partial charge in [0, 0.05) is 19.8 Å². The molecule has 1 unspecified atom stereocenters. The van der Waals surface area contributed by atoms with Crippen molar-refractivity contribution in [1.82, 2.24) is 5.32 Å². The highest BCUT2D eigenvalue weighted by atomic mass is 32.1. The van der Waals surface area contributed by atoms with Gasteiger partial charge in [0.2, 0.25) is 0 Å². The second kappa shape index (κ2) is 9.59. The number of ether oxygens (including phenoxy) is 2. The van der Waals surface area contributed by atoms with Crippen molar-refractivity contribution in [3.8, 4) is 0 Å². The van der Waals surface area contributed by atoms with Crippen molar-refractivity contribution >= 4 is 11.3 Å². The molecule has 98 valence electrons. The number of rotatable bonds is 10. The SMILES string of the molecule is CNC(CCOCCOC)CCc1ccsc1. The summed E-state index contributed by atoms with van der Waals surface area (Å²) in [6.45, 7) is 2.18. The lowest BCUT2D eigenvalue weighted by Gasteiger charge is -2.15. The molecule has 0 aliphatic heterocycles. The summed E-state index contributed by atoms with van der Waals surface area (Å²) >= 11 is 1.77. The van der Waals surface area contributed by atoms with Gasteiger partial charge in [-0.1, -0.05) is 0 Å². The van der Waals surface area contributed by atoms with Gasteiger partial charge < -0.3 is 14.8 Å². The van der Waals surface area contributed by atoms with E-state index in [1.54, 1.807) is 18.4 Å². The maximum Gasteiger partial charge on any atom is 0.0700 e. The third-order valence-electron chi connectivity index (χ3n) is 2.81. The molecule has 1 aromatic rings. The zero-order valence-electron chi connectivity index (χ0n) is 10.8. The van der Waals surface area contributed by atoms with Gasteiger partial charge in [0.1, 0.15) is 0 Å². The van der Waals surface area contributed by atoms with Crippen molar-refractivity contribution in [3.05, 3.63) is 22.4 Å². The molecule has 1 heterocycles. The van der Waals surface area contributed by atoms with Crippen LogP contribution in [0.4, 0.5) is 0 Å². The molecule has 0 saturated carbocycles. The summed E-state index contributed by atoms with van der Waals surface area (Å²) in [5.74, 6) is 0. The summed E-state index contributed by atoms with van der Waals surface area (Å²) < 4.78 is 10.4. The number of thiophene rings is 1. The van der Waals surface area contributed by atoms with Gasteiger partial charge in [-0.05, 0) is 48.7 Å². The summed E-state index contributed by atoms with van der Waals surface area (Å²) in [7, 11) is 3.72. The molecule has 0 aliphatic rings. The zero-order valence-corrected chi connectivity index (χ0v) is 11.6. The van der Waals surface area contributed by atoms with Crippen LogP contribution in [0, 0.1) is 0 Å². The Morgan fingerprint density at radius 2 is 2.18 bits per heavy atom. The molecule has 1 atom stereocenters. The van der Waals surface area contributed by atoms with Gasteiger partial charge >= 0.3 is 0 Å². The van der Waals surface area contributed by atoms with E-state index in [-0.39, 0.29) is 0 Å². The summed E-state index contributed by atoms with van der Waals surface area (Å²) in [6.07, 6.45) is 3.37. The molecule has 0 saturated heterocycles. The van der Waals surface area contributed by atoms with Gasteiger partial charge in [-0.25, -0.2) is 0 Å². The van der Waals surface area contributed by atoms with Crippen LogP contribution < -0.4 is 5.32 Å². The first kappa shape index (κ1) is 14.6. The maximum absolute atomic E-state index is 5.48.